The fraction of sp³-hybridized carbons (Fsp3) is 1.00. The molecule has 1 aliphatic rings. The maximum Gasteiger partial charge on any atom is 0.154 e. The summed E-state index contributed by atoms with van der Waals surface area (Å²) < 4.78 is 22.1. The largest absolute Gasteiger partial charge is 0.368 e. The Kier molecular flexibility index (Phi) is 3.32. The van der Waals surface area contributed by atoms with E-state index in [2.05, 4.69) is 0 Å². The lowest BCUT2D eigenvalue weighted by Gasteiger charge is -2.28. The van der Waals surface area contributed by atoms with E-state index >= 15 is 0 Å². The van der Waals surface area contributed by atoms with Crippen LogP contribution in [-0.2, 0) is 9.84 Å². The molecule has 1 unspecified atom stereocenters. The van der Waals surface area contributed by atoms with E-state index in [0.717, 1.165) is 0 Å². The third-order valence-corrected chi connectivity index (χ3v) is 4.53. The number of hydrogen-bond acceptors (Lipinski definition) is 4. The van der Waals surface area contributed by atoms with Crippen molar-refractivity contribution in [1.29, 1.82) is 0 Å². The molecule has 0 spiro atoms. The Morgan fingerprint density at radius 2 is 1.69 bits per heavy atom. The second-order valence-corrected chi connectivity index (χ2v) is 6.07. The van der Waals surface area contributed by atoms with Gasteiger partial charge in [0.2, 0.25) is 0 Å². The first-order chi connectivity index (χ1) is 5.92. The van der Waals surface area contributed by atoms with Crippen molar-refractivity contribution in [3.8, 4) is 0 Å². The predicted octanol–water partition coefficient (Wildman–Crippen LogP) is -0.242. The summed E-state index contributed by atoms with van der Waals surface area (Å²) in [6, 6.07) is 0. The fourth-order valence-corrected chi connectivity index (χ4v) is 3.21. The Labute approximate surface area is 78.5 Å². The van der Waals surface area contributed by atoms with Gasteiger partial charge < -0.3 is 10.2 Å². The van der Waals surface area contributed by atoms with Gasteiger partial charge in [-0.25, -0.2) is 8.42 Å². The first-order valence-electron chi connectivity index (χ1n) is 4.49. The number of aliphatic hydroxyl groups is 2. The quantitative estimate of drug-likeness (QED) is 0.614. The molecule has 1 atom stereocenters. The highest BCUT2D eigenvalue weighted by Gasteiger charge is 2.29. The molecule has 0 aromatic heterocycles. The van der Waals surface area contributed by atoms with E-state index in [9.17, 15) is 8.42 Å². The summed E-state index contributed by atoms with van der Waals surface area (Å²) in [5.74, 6) is 0.280. The van der Waals surface area contributed by atoms with E-state index in [1.807, 2.05) is 0 Å². The molecule has 1 saturated heterocycles. The van der Waals surface area contributed by atoms with Crippen molar-refractivity contribution in [1.82, 2.24) is 0 Å². The van der Waals surface area contributed by atoms with Gasteiger partial charge in [0.15, 0.2) is 6.29 Å². The zero-order valence-electron chi connectivity index (χ0n) is 7.68. The number of hydrogen-bond donors (Lipinski definition) is 2. The van der Waals surface area contributed by atoms with Crippen LogP contribution in [0.5, 0.6) is 0 Å². The van der Waals surface area contributed by atoms with Crippen LogP contribution in [0.15, 0.2) is 0 Å². The molecule has 1 aliphatic heterocycles. The summed E-state index contributed by atoms with van der Waals surface area (Å²) in [5.41, 5.74) is 0. The van der Waals surface area contributed by atoms with E-state index in [4.69, 9.17) is 10.2 Å². The van der Waals surface area contributed by atoms with Gasteiger partial charge in [-0.2, -0.15) is 0 Å². The minimum atomic E-state index is -2.84. The van der Waals surface area contributed by atoms with Crippen LogP contribution in [0.2, 0.25) is 0 Å². The van der Waals surface area contributed by atoms with Crippen molar-refractivity contribution >= 4 is 9.84 Å². The van der Waals surface area contributed by atoms with Crippen LogP contribution in [0.4, 0.5) is 0 Å². The van der Waals surface area contributed by atoms with Gasteiger partial charge in [-0.3, -0.25) is 0 Å². The Bertz CT molecular complexity index is 243. The Hall–Kier alpha value is -0.130. The van der Waals surface area contributed by atoms with Crippen LogP contribution in [-0.4, -0.2) is 36.4 Å². The first-order valence-corrected chi connectivity index (χ1v) is 6.31. The van der Waals surface area contributed by atoms with Crippen molar-refractivity contribution in [3.05, 3.63) is 0 Å². The van der Waals surface area contributed by atoms with E-state index in [-0.39, 0.29) is 23.3 Å². The van der Waals surface area contributed by atoms with Gasteiger partial charge in [0.1, 0.15) is 9.84 Å². The van der Waals surface area contributed by atoms with Crippen molar-refractivity contribution in [2.24, 2.45) is 11.8 Å². The molecule has 0 amide bonds. The Balaban J connectivity index is 2.50. The summed E-state index contributed by atoms with van der Waals surface area (Å²) in [5, 5.41) is 17.8. The Morgan fingerprint density at radius 1 is 1.23 bits per heavy atom. The van der Waals surface area contributed by atoms with E-state index in [0.29, 0.717) is 12.8 Å². The van der Waals surface area contributed by atoms with Gasteiger partial charge >= 0.3 is 0 Å². The van der Waals surface area contributed by atoms with Gasteiger partial charge in [0.05, 0.1) is 11.5 Å². The van der Waals surface area contributed by atoms with E-state index in [1.54, 1.807) is 6.92 Å². The van der Waals surface area contributed by atoms with Crippen molar-refractivity contribution in [3.63, 3.8) is 0 Å². The minimum absolute atomic E-state index is 0.128. The van der Waals surface area contributed by atoms with Gasteiger partial charge in [-0.1, -0.05) is 6.92 Å². The number of aliphatic hydroxyl groups excluding tert-OH is 1. The number of rotatable bonds is 2. The zero-order valence-corrected chi connectivity index (χ0v) is 8.50. The molecule has 0 saturated carbocycles. The first kappa shape index (κ1) is 10.9. The van der Waals surface area contributed by atoms with Crippen LogP contribution < -0.4 is 0 Å². The molecule has 2 N–H and O–H groups in total. The molecule has 78 valence electrons. The molecule has 0 aromatic rings. The third-order valence-electron chi connectivity index (χ3n) is 2.81. The predicted molar refractivity (Wildman–Crippen MR) is 48.8 cm³/mol. The van der Waals surface area contributed by atoms with Crippen molar-refractivity contribution in [2.75, 3.05) is 11.5 Å². The fourth-order valence-electron chi connectivity index (χ4n) is 1.68. The summed E-state index contributed by atoms with van der Waals surface area (Å²) in [6.45, 7) is 1.74. The van der Waals surface area contributed by atoms with Crippen LogP contribution in [0.25, 0.3) is 0 Å². The molecule has 0 aliphatic carbocycles. The lowest BCUT2D eigenvalue weighted by molar-refractivity contribution is -0.0954. The normalized spacial score (nSPS) is 26.2. The van der Waals surface area contributed by atoms with Gasteiger partial charge in [-0.15, -0.1) is 0 Å². The minimum Gasteiger partial charge on any atom is -0.368 e. The second kappa shape index (κ2) is 3.94. The monoisotopic (exact) mass is 208 g/mol. The van der Waals surface area contributed by atoms with E-state index < -0.39 is 16.1 Å². The average Bonchev–Trinajstić information content (AvgIpc) is 2.03. The highest BCUT2D eigenvalue weighted by Crippen LogP contribution is 2.27. The summed E-state index contributed by atoms with van der Waals surface area (Å²) in [4.78, 5) is 0. The summed E-state index contributed by atoms with van der Waals surface area (Å²) >= 11 is 0. The molecule has 1 fully saturated rings. The molecular weight excluding hydrogens is 192 g/mol. The third kappa shape index (κ3) is 2.93. The van der Waals surface area contributed by atoms with Gasteiger partial charge in [-0.05, 0) is 18.8 Å². The van der Waals surface area contributed by atoms with E-state index in [1.165, 1.54) is 0 Å². The topological polar surface area (TPSA) is 74.6 Å². The number of sulfone groups is 1. The van der Waals surface area contributed by atoms with Crippen LogP contribution in [0.1, 0.15) is 19.8 Å². The second-order valence-electron chi connectivity index (χ2n) is 3.76. The molecule has 1 heterocycles. The average molecular weight is 208 g/mol. The SMILES string of the molecule is CC(C(O)O)C1CCS(=O)(=O)CC1. The summed E-state index contributed by atoms with van der Waals surface area (Å²) in [6.07, 6.45) is -0.215. The lowest BCUT2D eigenvalue weighted by Crippen LogP contribution is -2.32. The highest BCUT2D eigenvalue weighted by atomic mass is 32.2. The van der Waals surface area contributed by atoms with Crippen LogP contribution >= 0.6 is 0 Å². The molecule has 0 bridgehead atoms. The molecule has 4 nitrogen and oxygen atoms in total. The molecule has 1 rings (SSSR count). The zero-order chi connectivity index (χ0) is 10.1. The van der Waals surface area contributed by atoms with Gasteiger partial charge in [0, 0.05) is 5.92 Å². The summed E-state index contributed by atoms with van der Waals surface area (Å²) in [7, 11) is -2.84. The standard InChI is InChI=1S/C8H16O4S/c1-6(8(9)10)7-2-4-13(11,12)5-3-7/h6-10H,2-5H2,1H3. The maximum absolute atomic E-state index is 11.1. The maximum atomic E-state index is 11.1. The smallest absolute Gasteiger partial charge is 0.154 e. The van der Waals surface area contributed by atoms with Crippen molar-refractivity contribution in [2.45, 2.75) is 26.1 Å². The van der Waals surface area contributed by atoms with Crippen LogP contribution in [0, 0.1) is 11.8 Å². The van der Waals surface area contributed by atoms with Crippen molar-refractivity contribution < 1.29 is 18.6 Å². The lowest BCUT2D eigenvalue weighted by atomic mass is 9.88. The van der Waals surface area contributed by atoms with Gasteiger partial charge in [0.25, 0.3) is 0 Å². The Morgan fingerprint density at radius 3 is 2.08 bits per heavy atom. The molecule has 13 heavy (non-hydrogen) atoms. The molecule has 0 radical (unpaired) electrons. The molecular formula is C8H16O4S. The highest BCUT2D eigenvalue weighted by molar-refractivity contribution is 7.91. The van der Waals surface area contributed by atoms with Crippen LogP contribution in [0.3, 0.4) is 0 Å². The molecule has 5 heteroatoms. The molecule has 0 aromatic carbocycles.